The van der Waals surface area contributed by atoms with Crippen molar-refractivity contribution in [2.45, 2.75) is 52.9 Å². The Morgan fingerprint density at radius 3 is 2.35 bits per heavy atom. The molecule has 1 fully saturated rings. The maximum absolute atomic E-state index is 12.3. The molecule has 0 aromatic carbocycles. The van der Waals surface area contributed by atoms with Crippen molar-refractivity contribution >= 4 is 5.91 Å². The van der Waals surface area contributed by atoms with E-state index in [0.29, 0.717) is 17.9 Å². The fourth-order valence-corrected chi connectivity index (χ4v) is 3.18. The average molecular weight is 279 g/mol. The molecule has 1 aromatic rings. The molecule has 112 valence electrons. The molecule has 0 unspecified atom stereocenters. The molecule has 1 amide bonds. The Morgan fingerprint density at radius 1 is 1.20 bits per heavy atom. The van der Waals surface area contributed by atoms with E-state index >= 15 is 0 Å². The lowest BCUT2D eigenvalue weighted by Crippen LogP contribution is -2.41. The van der Waals surface area contributed by atoms with E-state index in [0.717, 1.165) is 37.0 Å². The Bertz CT molecular complexity index is 484. The minimum Gasteiger partial charge on any atom is -0.466 e. The molecule has 20 heavy (non-hydrogen) atoms. The van der Waals surface area contributed by atoms with Crippen molar-refractivity contribution in [3.8, 4) is 0 Å². The van der Waals surface area contributed by atoms with Gasteiger partial charge in [-0.1, -0.05) is 19.3 Å². The zero-order valence-electron chi connectivity index (χ0n) is 12.7. The maximum Gasteiger partial charge on any atom is 0.255 e. The summed E-state index contributed by atoms with van der Waals surface area (Å²) in [5.74, 6) is 1.37. The third-order valence-electron chi connectivity index (χ3n) is 4.66. The van der Waals surface area contributed by atoms with Gasteiger partial charge in [0, 0.05) is 17.5 Å². The van der Waals surface area contributed by atoms with Gasteiger partial charge in [0.25, 0.3) is 5.91 Å². The van der Waals surface area contributed by atoms with Gasteiger partial charge in [0.1, 0.15) is 11.5 Å². The smallest absolute Gasteiger partial charge is 0.255 e. The number of hydrogen-bond donors (Lipinski definition) is 2. The summed E-state index contributed by atoms with van der Waals surface area (Å²) in [5.41, 5.74) is 1.42. The van der Waals surface area contributed by atoms with Crippen LogP contribution in [0.3, 0.4) is 0 Å². The molecular formula is C16H25NO3. The number of hydrogen-bond acceptors (Lipinski definition) is 3. The van der Waals surface area contributed by atoms with Gasteiger partial charge in [-0.2, -0.15) is 0 Å². The van der Waals surface area contributed by atoms with Crippen LogP contribution in [0.5, 0.6) is 0 Å². The summed E-state index contributed by atoms with van der Waals surface area (Å²) < 4.78 is 5.50. The van der Waals surface area contributed by atoms with Gasteiger partial charge in [-0.15, -0.1) is 0 Å². The minimum absolute atomic E-state index is 0.0877. The summed E-state index contributed by atoms with van der Waals surface area (Å²) in [5, 5.41) is 12.7. The first-order chi connectivity index (χ1) is 9.49. The third-order valence-corrected chi connectivity index (χ3v) is 4.66. The number of carbonyl (C=O) groups excluding carboxylic acids is 1. The second-order valence-electron chi connectivity index (χ2n) is 6.12. The zero-order valence-corrected chi connectivity index (χ0v) is 12.7. The Morgan fingerprint density at radius 2 is 1.85 bits per heavy atom. The summed E-state index contributed by atoms with van der Waals surface area (Å²) in [6.07, 6.45) is 5.49. The highest BCUT2D eigenvalue weighted by Crippen LogP contribution is 2.35. The van der Waals surface area contributed by atoms with Crippen LogP contribution >= 0.6 is 0 Å². The molecule has 0 radical (unpaired) electrons. The van der Waals surface area contributed by atoms with Crippen LogP contribution < -0.4 is 5.32 Å². The highest BCUT2D eigenvalue weighted by atomic mass is 16.3. The quantitative estimate of drug-likeness (QED) is 0.891. The number of nitrogens with one attached hydrogen (secondary N) is 1. The number of aliphatic hydroxyl groups excluding tert-OH is 1. The van der Waals surface area contributed by atoms with E-state index in [1.165, 1.54) is 6.42 Å². The zero-order chi connectivity index (χ0) is 14.8. The molecule has 0 spiro atoms. The van der Waals surface area contributed by atoms with Crippen LogP contribution in [0.15, 0.2) is 4.42 Å². The third kappa shape index (κ3) is 2.90. The van der Waals surface area contributed by atoms with Gasteiger partial charge in [-0.05, 0) is 33.6 Å². The molecule has 2 rings (SSSR count). The molecule has 1 heterocycles. The monoisotopic (exact) mass is 279 g/mol. The van der Waals surface area contributed by atoms with E-state index in [-0.39, 0.29) is 17.9 Å². The average Bonchev–Trinajstić information content (AvgIpc) is 2.71. The molecule has 1 aliphatic carbocycles. The summed E-state index contributed by atoms with van der Waals surface area (Å²) >= 11 is 0. The van der Waals surface area contributed by atoms with Crippen molar-refractivity contribution in [1.29, 1.82) is 0 Å². The fourth-order valence-electron chi connectivity index (χ4n) is 3.18. The first-order valence-corrected chi connectivity index (χ1v) is 7.45. The molecule has 4 heteroatoms. The second-order valence-corrected chi connectivity index (χ2v) is 6.12. The molecule has 1 aliphatic rings. The highest BCUT2D eigenvalue weighted by molar-refractivity contribution is 5.96. The number of aliphatic hydroxyl groups is 1. The van der Waals surface area contributed by atoms with Gasteiger partial charge in [0.05, 0.1) is 12.2 Å². The van der Waals surface area contributed by atoms with Crippen molar-refractivity contribution < 1.29 is 14.3 Å². The number of furan rings is 1. The van der Waals surface area contributed by atoms with Gasteiger partial charge in [0.15, 0.2) is 0 Å². The molecule has 1 aromatic heterocycles. The van der Waals surface area contributed by atoms with Crippen molar-refractivity contribution in [2.75, 3.05) is 13.2 Å². The molecular weight excluding hydrogens is 254 g/mol. The van der Waals surface area contributed by atoms with E-state index in [4.69, 9.17) is 4.42 Å². The summed E-state index contributed by atoms with van der Waals surface area (Å²) in [6, 6.07) is 0. The standard InChI is InChI=1S/C16H25NO3/c1-11-12(2)20-13(3)14(11)15(19)17-9-16(10-18)7-5-4-6-8-16/h18H,4-10H2,1-3H3,(H,17,19). The van der Waals surface area contributed by atoms with Crippen LogP contribution in [0.25, 0.3) is 0 Å². The number of rotatable bonds is 4. The first kappa shape index (κ1) is 15.1. The number of aryl methyl sites for hydroxylation is 2. The molecule has 0 aliphatic heterocycles. The van der Waals surface area contributed by atoms with E-state index in [1.807, 2.05) is 20.8 Å². The van der Waals surface area contributed by atoms with Crippen LogP contribution in [0, 0.1) is 26.2 Å². The Labute approximate surface area is 120 Å². The van der Waals surface area contributed by atoms with E-state index < -0.39 is 0 Å². The fraction of sp³-hybridized carbons (Fsp3) is 0.688. The number of amides is 1. The Kier molecular flexibility index (Phi) is 4.53. The molecule has 2 N–H and O–H groups in total. The molecule has 0 bridgehead atoms. The highest BCUT2D eigenvalue weighted by Gasteiger charge is 2.32. The van der Waals surface area contributed by atoms with Gasteiger partial charge >= 0.3 is 0 Å². The van der Waals surface area contributed by atoms with Crippen LogP contribution in [0.2, 0.25) is 0 Å². The van der Waals surface area contributed by atoms with Gasteiger partial charge in [0.2, 0.25) is 0 Å². The number of carbonyl (C=O) groups is 1. The molecule has 4 nitrogen and oxygen atoms in total. The van der Waals surface area contributed by atoms with E-state index in [1.54, 1.807) is 0 Å². The molecule has 0 saturated heterocycles. The van der Waals surface area contributed by atoms with Crippen molar-refractivity contribution in [3.05, 3.63) is 22.6 Å². The lowest BCUT2D eigenvalue weighted by molar-refractivity contribution is 0.0717. The normalized spacial score (nSPS) is 18.0. The van der Waals surface area contributed by atoms with Crippen LogP contribution in [-0.2, 0) is 0 Å². The topological polar surface area (TPSA) is 62.5 Å². The summed E-state index contributed by atoms with van der Waals surface area (Å²) in [7, 11) is 0. The molecule has 0 atom stereocenters. The second kappa shape index (κ2) is 6.00. The van der Waals surface area contributed by atoms with E-state index in [9.17, 15) is 9.90 Å². The summed E-state index contributed by atoms with van der Waals surface area (Å²) in [4.78, 5) is 12.3. The minimum atomic E-state index is -0.130. The Balaban J connectivity index is 2.04. The maximum atomic E-state index is 12.3. The lowest BCUT2D eigenvalue weighted by atomic mass is 9.74. The lowest BCUT2D eigenvalue weighted by Gasteiger charge is -2.35. The van der Waals surface area contributed by atoms with Crippen molar-refractivity contribution in [3.63, 3.8) is 0 Å². The van der Waals surface area contributed by atoms with Crippen molar-refractivity contribution in [1.82, 2.24) is 5.32 Å². The van der Waals surface area contributed by atoms with Crippen LogP contribution in [-0.4, -0.2) is 24.2 Å². The summed E-state index contributed by atoms with van der Waals surface area (Å²) in [6.45, 7) is 6.29. The van der Waals surface area contributed by atoms with Crippen molar-refractivity contribution in [2.24, 2.45) is 5.41 Å². The molecule has 1 saturated carbocycles. The largest absolute Gasteiger partial charge is 0.466 e. The van der Waals surface area contributed by atoms with Gasteiger partial charge in [-0.3, -0.25) is 4.79 Å². The van der Waals surface area contributed by atoms with Gasteiger partial charge in [-0.25, -0.2) is 0 Å². The predicted octanol–water partition coefficient (Wildman–Crippen LogP) is 2.88. The van der Waals surface area contributed by atoms with Crippen LogP contribution in [0.4, 0.5) is 0 Å². The van der Waals surface area contributed by atoms with Crippen LogP contribution in [0.1, 0.15) is 59.5 Å². The van der Waals surface area contributed by atoms with Gasteiger partial charge < -0.3 is 14.8 Å². The SMILES string of the molecule is Cc1oc(C)c(C(=O)NCC2(CO)CCCCC2)c1C. The van der Waals surface area contributed by atoms with E-state index in [2.05, 4.69) is 5.32 Å². The Hall–Kier alpha value is -1.29. The first-order valence-electron chi connectivity index (χ1n) is 7.45. The predicted molar refractivity (Wildman–Crippen MR) is 77.9 cm³/mol.